The summed E-state index contributed by atoms with van der Waals surface area (Å²) < 4.78 is 14.5. The number of nitrogens with zero attached hydrogens (tertiary/aromatic N) is 3. The van der Waals surface area contributed by atoms with Crippen LogP contribution in [0.2, 0.25) is 0 Å². The van der Waals surface area contributed by atoms with E-state index in [2.05, 4.69) is 15.4 Å². The molecule has 0 aliphatic heterocycles. The number of pyridine rings is 1. The highest BCUT2D eigenvalue weighted by molar-refractivity contribution is 5.91. The predicted molar refractivity (Wildman–Crippen MR) is 84.4 cm³/mol. The number of hydrogen-bond donors (Lipinski definition) is 1. The van der Waals surface area contributed by atoms with E-state index in [1.54, 1.807) is 6.07 Å². The number of amides is 1. The molecule has 3 atom stereocenters. The number of rotatable bonds is 2. The van der Waals surface area contributed by atoms with Crippen molar-refractivity contribution in [3.05, 3.63) is 24.1 Å². The molecule has 6 heteroatoms. The van der Waals surface area contributed by atoms with Gasteiger partial charge in [0, 0.05) is 5.92 Å². The molecule has 23 heavy (non-hydrogen) atoms. The SMILES string of the molecule is O=C(Nc1nc2ccc(F)cn2n1)[C@@H]1CC[C@@H]2CCCC[C@H]2C1. The molecule has 2 aromatic rings. The lowest BCUT2D eigenvalue weighted by molar-refractivity contribution is -0.122. The van der Waals surface area contributed by atoms with Gasteiger partial charge < -0.3 is 0 Å². The standard InChI is InChI=1S/C17H21FN4O/c18-14-7-8-15-19-17(21-22(15)10-14)20-16(23)13-6-5-11-3-1-2-4-12(11)9-13/h7-8,10-13H,1-6,9H2,(H,20,21,23)/t11-,12-,13+/m0/s1. The molecule has 0 saturated heterocycles. The van der Waals surface area contributed by atoms with E-state index < -0.39 is 0 Å². The van der Waals surface area contributed by atoms with Crippen LogP contribution in [0.25, 0.3) is 5.65 Å². The average molecular weight is 316 g/mol. The molecule has 0 unspecified atom stereocenters. The van der Waals surface area contributed by atoms with Crippen LogP contribution in [0.5, 0.6) is 0 Å². The van der Waals surface area contributed by atoms with Crippen molar-refractivity contribution >= 4 is 17.5 Å². The molecule has 1 N–H and O–H groups in total. The number of aromatic nitrogens is 3. The molecule has 0 radical (unpaired) electrons. The van der Waals surface area contributed by atoms with Crippen molar-refractivity contribution in [1.29, 1.82) is 0 Å². The lowest BCUT2D eigenvalue weighted by atomic mass is 9.67. The molecular formula is C17H21FN4O. The van der Waals surface area contributed by atoms with E-state index in [0.29, 0.717) is 11.6 Å². The third kappa shape index (κ3) is 2.94. The molecule has 2 aliphatic rings. The number of carbonyl (C=O) groups is 1. The van der Waals surface area contributed by atoms with Crippen molar-refractivity contribution in [2.24, 2.45) is 17.8 Å². The van der Waals surface area contributed by atoms with Gasteiger partial charge in [-0.2, -0.15) is 4.98 Å². The van der Waals surface area contributed by atoms with E-state index in [1.807, 2.05) is 0 Å². The number of nitrogens with one attached hydrogen (secondary N) is 1. The molecule has 2 aromatic heterocycles. The van der Waals surface area contributed by atoms with Gasteiger partial charge >= 0.3 is 0 Å². The first-order valence-corrected chi connectivity index (χ1v) is 8.52. The summed E-state index contributed by atoms with van der Waals surface area (Å²) in [5, 5.41) is 6.94. The Morgan fingerprint density at radius 3 is 2.87 bits per heavy atom. The van der Waals surface area contributed by atoms with E-state index in [-0.39, 0.29) is 23.6 Å². The first kappa shape index (κ1) is 14.6. The predicted octanol–water partition coefficient (Wildman–Crippen LogP) is 3.41. The molecule has 4 rings (SSSR count). The zero-order valence-corrected chi connectivity index (χ0v) is 13.0. The summed E-state index contributed by atoms with van der Waals surface area (Å²) in [4.78, 5) is 16.7. The van der Waals surface area contributed by atoms with Gasteiger partial charge in [-0.3, -0.25) is 10.1 Å². The maximum atomic E-state index is 13.2. The van der Waals surface area contributed by atoms with Gasteiger partial charge in [-0.1, -0.05) is 25.7 Å². The first-order chi connectivity index (χ1) is 11.2. The minimum atomic E-state index is -0.379. The molecule has 0 aromatic carbocycles. The van der Waals surface area contributed by atoms with Crippen LogP contribution in [-0.2, 0) is 4.79 Å². The summed E-state index contributed by atoms with van der Waals surface area (Å²) in [6, 6.07) is 2.88. The fourth-order valence-electron chi connectivity index (χ4n) is 4.23. The van der Waals surface area contributed by atoms with Crippen molar-refractivity contribution < 1.29 is 9.18 Å². The zero-order chi connectivity index (χ0) is 15.8. The molecular weight excluding hydrogens is 295 g/mol. The Labute approximate surface area is 134 Å². The Kier molecular flexibility index (Phi) is 3.75. The minimum absolute atomic E-state index is 0.00500. The smallest absolute Gasteiger partial charge is 0.249 e. The van der Waals surface area contributed by atoms with Gasteiger partial charge in [0.25, 0.3) is 0 Å². The van der Waals surface area contributed by atoms with Crippen LogP contribution in [0.4, 0.5) is 10.3 Å². The Balaban J connectivity index is 1.44. The maximum Gasteiger partial charge on any atom is 0.249 e. The van der Waals surface area contributed by atoms with Crippen molar-refractivity contribution in [2.45, 2.75) is 44.9 Å². The monoisotopic (exact) mass is 316 g/mol. The molecule has 5 nitrogen and oxygen atoms in total. The topological polar surface area (TPSA) is 59.3 Å². The van der Waals surface area contributed by atoms with Gasteiger partial charge in [-0.25, -0.2) is 8.91 Å². The lowest BCUT2D eigenvalue weighted by Gasteiger charge is -2.38. The normalized spacial score (nSPS) is 27.6. The van der Waals surface area contributed by atoms with Gasteiger partial charge in [0.15, 0.2) is 5.65 Å². The van der Waals surface area contributed by atoms with Crippen molar-refractivity contribution in [3.63, 3.8) is 0 Å². The van der Waals surface area contributed by atoms with Crippen LogP contribution in [0, 0.1) is 23.6 Å². The van der Waals surface area contributed by atoms with Gasteiger partial charge in [-0.05, 0) is 43.2 Å². The van der Waals surface area contributed by atoms with E-state index in [9.17, 15) is 9.18 Å². The van der Waals surface area contributed by atoms with Crippen LogP contribution < -0.4 is 5.32 Å². The van der Waals surface area contributed by atoms with Gasteiger partial charge in [0.05, 0.1) is 6.20 Å². The minimum Gasteiger partial charge on any atom is -0.293 e. The zero-order valence-electron chi connectivity index (χ0n) is 13.0. The number of fused-ring (bicyclic) bond motifs is 2. The fourth-order valence-corrected chi connectivity index (χ4v) is 4.23. The molecule has 2 fully saturated rings. The maximum absolute atomic E-state index is 13.2. The second-order valence-electron chi connectivity index (χ2n) is 6.89. The van der Waals surface area contributed by atoms with Crippen LogP contribution in [-0.4, -0.2) is 20.5 Å². The molecule has 2 saturated carbocycles. The highest BCUT2D eigenvalue weighted by Gasteiger charge is 2.35. The van der Waals surface area contributed by atoms with Crippen LogP contribution in [0.1, 0.15) is 44.9 Å². The molecule has 1 amide bonds. The van der Waals surface area contributed by atoms with Crippen molar-refractivity contribution in [2.75, 3.05) is 5.32 Å². The van der Waals surface area contributed by atoms with E-state index in [0.717, 1.165) is 25.2 Å². The van der Waals surface area contributed by atoms with Crippen LogP contribution in [0.3, 0.4) is 0 Å². The summed E-state index contributed by atoms with van der Waals surface area (Å²) >= 11 is 0. The number of halogens is 1. The number of carbonyl (C=O) groups excluding carboxylic acids is 1. The summed E-state index contributed by atoms with van der Waals surface area (Å²) in [6.45, 7) is 0. The van der Waals surface area contributed by atoms with Crippen molar-refractivity contribution in [1.82, 2.24) is 14.6 Å². The highest BCUT2D eigenvalue weighted by Crippen LogP contribution is 2.42. The van der Waals surface area contributed by atoms with E-state index in [4.69, 9.17) is 0 Å². The molecule has 2 heterocycles. The van der Waals surface area contributed by atoms with Crippen molar-refractivity contribution in [3.8, 4) is 0 Å². The summed E-state index contributed by atoms with van der Waals surface area (Å²) in [5.41, 5.74) is 0.526. The third-order valence-electron chi connectivity index (χ3n) is 5.44. The molecule has 2 aliphatic carbocycles. The van der Waals surface area contributed by atoms with Gasteiger partial charge in [0.1, 0.15) is 5.82 Å². The third-order valence-corrected chi connectivity index (χ3v) is 5.44. The average Bonchev–Trinajstić information content (AvgIpc) is 2.95. The van der Waals surface area contributed by atoms with Gasteiger partial charge in [0.2, 0.25) is 11.9 Å². The quantitative estimate of drug-likeness (QED) is 0.923. The van der Waals surface area contributed by atoms with E-state index in [1.165, 1.54) is 42.5 Å². The Hall–Kier alpha value is -1.98. The lowest BCUT2D eigenvalue weighted by Crippen LogP contribution is -2.34. The fraction of sp³-hybridized carbons (Fsp3) is 0.588. The Morgan fingerprint density at radius 2 is 2.00 bits per heavy atom. The second-order valence-corrected chi connectivity index (χ2v) is 6.89. The second kappa shape index (κ2) is 5.91. The van der Waals surface area contributed by atoms with Crippen LogP contribution >= 0.6 is 0 Å². The Morgan fingerprint density at radius 1 is 1.17 bits per heavy atom. The number of anilines is 1. The first-order valence-electron chi connectivity index (χ1n) is 8.52. The molecule has 0 spiro atoms. The molecule has 0 bridgehead atoms. The number of hydrogen-bond acceptors (Lipinski definition) is 3. The Bertz CT molecular complexity index is 728. The van der Waals surface area contributed by atoms with Gasteiger partial charge in [-0.15, -0.1) is 5.10 Å². The summed E-state index contributed by atoms with van der Waals surface area (Å²) in [5.74, 6) is 1.46. The largest absolute Gasteiger partial charge is 0.293 e. The van der Waals surface area contributed by atoms with E-state index >= 15 is 0 Å². The molecule has 122 valence electrons. The highest BCUT2D eigenvalue weighted by atomic mass is 19.1. The van der Waals surface area contributed by atoms with Crippen LogP contribution in [0.15, 0.2) is 18.3 Å². The summed E-state index contributed by atoms with van der Waals surface area (Å²) in [7, 11) is 0. The summed E-state index contributed by atoms with van der Waals surface area (Å²) in [6.07, 6.45) is 9.60.